The first kappa shape index (κ1) is 19.6. The quantitative estimate of drug-likeness (QED) is 0.664. The average molecular weight is 398 g/mol. The van der Waals surface area contributed by atoms with Crippen LogP contribution >= 0.6 is 0 Å². The van der Waals surface area contributed by atoms with Gasteiger partial charge >= 0.3 is 0 Å². The van der Waals surface area contributed by atoms with Gasteiger partial charge in [-0.15, -0.1) is 0 Å². The van der Waals surface area contributed by atoms with Crippen molar-refractivity contribution in [3.05, 3.63) is 107 Å². The molecule has 2 aromatic carbocycles. The summed E-state index contributed by atoms with van der Waals surface area (Å²) < 4.78 is 0. The molecule has 0 saturated carbocycles. The van der Waals surface area contributed by atoms with Crippen LogP contribution in [0.5, 0.6) is 0 Å². The SMILES string of the molecule is Cc1ccc(N2C(=O)C(O)=C(C(=O)CCc3ccccc3)C2c2ccccn2)cc1. The number of hydrogen-bond acceptors (Lipinski definition) is 4. The van der Waals surface area contributed by atoms with E-state index in [0.717, 1.165) is 11.1 Å². The third kappa shape index (κ3) is 3.74. The van der Waals surface area contributed by atoms with Crippen LogP contribution in [0.2, 0.25) is 0 Å². The molecule has 5 heteroatoms. The summed E-state index contributed by atoms with van der Waals surface area (Å²) in [7, 11) is 0. The van der Waals surface area contributed by atoms with E-state index in [9.17, 15) is 14.7 Å². The van der Waals surface area contributed by atoms with Crippen molar-refractivity contribution in [2.24, 2.45) is 0 Å². The van der Waals surface area contributed by atoms with Crippen LogP contribution in [0.25, 0.3) is 0 Å². The summed E-state index contributed by atoms with van der Waals surface area (Å²) in [5.41, 5.74) is 3.34. The summed E-state index contributed by atoms with van der Waals surface area (Å²) >= 11 is 0. The fourth-order valence-electron chi connectivity index (χ4n) is 3.72. The lowest BCUT2D eigenvalue weighted by molar-refractivity contribution is -0.118. The van der Waals surface area contributed by atoms with E-state index >= 15 is 0 Å². The molecule has 0 bridgehead atoms. The third-order valence-electron chi connectivity index (χ3n) is 5.27. The Hall–Kier alpha value is -3.73. The van der Waals surface area contributed by atoms with Crippen molar-refractivity contribution in [3.8, 4) is 0 Å². The largest absolute Gasteiger partial charge is 0.503 e. The number of Topliss-reactive ketones (excluding diaryl/α,β-unsaturated/α-hetero) is 1. The monoisotopic (exact) mass is 398 g/mol. The summed E-state index contributed by atoms with van der Waals surface area (Å²) in [5, 5.41) is 10.7. The molecule has 1 N–H and O–H groups in total. The lowest BCUT2D eigenvalue weighted by atomic mass is 9.95. The highest BCUT2D eigenvalue weighted by Gasteiger charge is 2.44. The number of aromatic nitrogens is 1. The number of ketones is 1. The van der Waals surface area contributed by atoms with Gasteiger partial charge in [-0.25, -0.2) is 0 Å². The molecule has 150 valence electrons. The maximum Gasteiger partial charge on any atom is 0.294 e. The van der Waals surface area contributed by atoms with Crippen molar-refractivity contribution >= 4 is 17.4 Å². The fourth-order valence-corrected chi connectivity index (χ4v) is 3.72. The normalized spacial score (nSPS) is 16.2. The summed E-state index contributed by atoms with van der Waals surface area (Å²) in [5.74, 6) is -1.34. The van der Waals surface area contributed by atoms with Crippen molar-refractivity contribution in [1.29, 1.82) is 0 Å². The fraction of sp³-hybridized carbons (Fsp3) is 0.160. The summed E-state index contributed by atoms with van der Waals surface area (Å²) in [6.45, 7) is 1.96. The van der Waals surface area contributed by atoms with E-state index in [-0.39, 0.29) is 17.8 Å². The second-order valence-corrected chi connectivity index (χ2v) is 7.34. The number of aliphatic hydroxyl groups excluding tert-OH is 1. The Morgan fingerprint density at radius 2 is 1.70 bits per heavy atom. The number of amides is 1. The van der Waals surface area contributed by atoms with Crippen LogP contribution in [0.3, 0.4) is 0 Å². The molecule has 1 atom stereocenters. The molecule has 5 nitrogen and oxygen atoms in total. The highest BCUT2D eigenvalue weighted by Crippen LogP contribution is 2.40. The average Bonchev–Trinajstić information content (AvgIpc) is 3.05. The van der Waals surface area contributed by atoms with Crippen LogP contribution < -0.4 is 4.90 Å². The van der Waals surface area contributed by atoms with Gasteiger partial charge in [0.25, 0.3) is 5.91 Å². The molecule has 0 saturated heterocycles. The van der Waals surface area contributed by atoms with Crippen LogP contribution in [0.15, 0.2) is 90.3 Å². The second-order valence-electron chi connectivity index (χ2n) is 7.34. The van der Waals surface area contributed by atoms with Gasteiger partial charge < -0.3 is 5.11 Å². The molecule has 1 aliphatic heterocycles. The number of carbonyl (C=O) groups is 2. The predicted molar refractivity (Wildman–Crippen MR) is 115 cm³/mol. The first-order valence-electron chi connectivity index (χ1n) is 9.87. The van der Waals surface area contributed by atoms with Gasteiger partial charge in [0.05, 0.1) is 11.3 Å². The van der Waals surface area contributed by atoms with Crippen LogP contribution in [0, 0.1) is 6.92 Å². The molecule has 3 aromatic rings. The van der Waals surface area contributed by atoms with Crippen molar-refractivity contribution in [2.75, 3.05) is 4.90 Å². The van der Waals surface area contributed by atoms with Crippen molar-refractivity contribution in [1.82, 2.24) is 4.98 Å². The maximum atomic E-state index is 13.2. The van der Waals surface area contributed by atoms with Crippen molar-refractivity contribution < 1.29 is 14.7 Å². The van der Waals surface area contributed by atoms with E-state index in [4.69, 9.17) is 0 Å². The maximum absolute atomic E-state index is 13.2. The standard InChI is InChI=1S/C25H22N2O3/c1-17-10-13-19(14-11-17)27-23(20-9-5-6-16-26-20)22(24(29)25(27)30)21(28)15-12-18-7-3-2-4-8-18/h2-11,13-14,16,23,29H,12,15H2,1H3. The van der Waals surface area contributed by atoms with Crippen LogP contribution in [-0.2, 0) is 16.0 Å². The Morgan fingerprint density at radius 3 is 2.37 bits per heavy atom. The molecule has 2 heterocycles. The van der Waals surface area contributed by atoms with Gasteiger partial charge in [0.2, 0.25) is 0 Å². The molecule has 1 amide bonds. The number of hydrogen-bond donors (Lipinski definition) is 1. The van der Waals surface area contributed by atoms with Gasteiger partial charge in [0.1, 0.15) is 6.04 Å². The van der Waals surface area contributed by atoms with Crippen LogP contribution in [0.4, 0.5) is 5.69 Å². The summed E-state index contributed by atoms with van der Waals surface area (Å²) in [6, 6.07) is 21.7. The number of benzene rings is 2. The number of rotatable bonds is 6. The topological polar surface area (TPSA) is 70.5 Å². The Bertz CT molecular complexity index is 1090. The van der Waals surface area contributed by atoms with Crippen molar-refractivity contribution in [2.45, 2.75) is 25.8 Å². The zero-order valence-corrected chi connectivity index (χ0v) is 16.7. The highest BCUT2D eigenvalue weighted by molar-refractivity contribution is 6.16. The molecule has 1 aromatic heterocycles. The minimum Gasteiger partial charge on any atom is -0.503 e. The molecule has 0 aliphatic carbocycles. The molecule has 1 aliphatic rings. The Balaban J connectivity index is 1.70. The minimum absolute atomic E-state index is 0.107. The van der Waals surface area contributed by atoms with E-state index < -0.39 is 17.7 Å². The first-order chi connectivity index (χ1) is 14.6. The van der Waals surface area contributed by atoms with Gasteiger partial charge in [-0.3, -0.25) is 19.5 Å². The molecule has 30 heavy (non-hydrogen) atoms. The number of anilines is 1. The Morgan fingerprint density at radius 1 is 1.00 bits per heavy atom. The molecule has 1 unspecified atom stereocenters. The van der Waals surface area contributed by atoms with Crippen LogP contribution in [0.1, 0.15) is 29.3 Å². The molecule has 4 rings (SSSR count). The Labute approximate surface area is 175 Å². The van der Waals surface area contributed by atoms with E-state index in [1.54, 1.807) is 18.3 Å². The van der Waals surface area contributed by atoms with Crippen molar-refractivity contribution in [3.63, 3.8) is 0 Å². The van der Waals surface area contributed by atoms with E-state index in [0.29, 0.717) is 17.8 Å². The van der Waals surface area contributed by atoms with Gasteiger partial charge in [-0.05, 0) is 43.2 Å². The lowest BCUT2D eigenvalue weighted by Gasteiger charge is -2.26. The number of aryl methyl sites for hydroxylation is 2. The number of carbonyl (C=O) groups excluding carboxylic acids is 2. The zero-order chi connectivity index (χ0) is 21.1. The predicted octanol–water partition coefficient (Wildman–Crippen LogP) is 4.49. The third-order valence-corrected chi connectivity index (χ3v) is 5.27. The molecule has 0 radical (unpaired) electrons. The number of pyridine rings is 1. The summed E-state index contributed by atoms with van der Waals surface area (Å²) in [4.78, 5) is 32.0. The number of aliphatic hydroxyl groups is 1. The van der Waals surface area contributed by atoms with Gasteiger partial charge in [-0.1, -0.05) is 54.1 Å². The van der Waals surface area contributed by atoms with E-state index in [1.807, 2.05) is 67.6 Å². The zero-order valence-electron chi connectivity index (χ0n) is 16.7. The van der Waals surface area contributed by atoms with E-state index in [1.165, 1.54) is 4.90 Å². The second kappa shape index (κ2) is 8.33. The molecular formula is C25H22N2O3. The van der Waals surface area contributed by atoms with Gasteiger partial charge in [0, 0.05) is 18.3 Å². The van der Waals surface area contributed by atoms with Gasteiger partial charge in [-0.2, -0.15) is 0 Å². The first-order valence-corrected chi connectivity index (χ1v) is 9.87. The molecule has 0 fully saturated rings. The number of nitrogens with zero attached hydrogens (tertiary/aromatic N) is 2. The van der Waals surface area contributed by atoms with Crippen LogP contribution in [-0.4, -0.2) is 21.8 Å². The highest BCUT2D eigenvalue weighted by atomic mass is 16.3. The summed E-state index contributed by atoms with van der Waals surface area (Å²) in [6.07, 6.45) is 2.35. The minimum atomic E-state index is -0.760. The van der Waals surface area contributed by atoms with E-state index in [2.05, 4.69) is 4.98 Å². The molecule has 0 spiro atoms. The Kier molecular flexibility index (Phi) is 5.44. The molecular weight excluding hydrogens is 376 g/mol. The smallest absolute Gasteiger partial charge is 0.294 e. The van der Waals surface area contributed by atoms with Gasteiger partial charge in [0.15, 0.2) is 11.5 Å². The lowest BCUT2D eigenvalue weighted by Crippen LogP contribution is -2.31.